The molecule has 1 aromatic carbocycles. The van der Waals surface area contributed by atoms with Crippen molar-refractivity contribution >= 4 is 11.4 Å². The lowest BCUT2D eigenvalue weighted by molar-refractivity contribution is 0.136. The Kier molecular flexibility index (Phi) is 2.35. The molecule has 0 radical (unpaired) electrons. The number of para-hydroxylation sites is 2. The quantitative estimate of drug-likeness (QED) is 0.752. The van der Waals surface area contributed by atoms with Crippen LogP contribution >= 0.6 is 0 Å². The predicted molar refractivity (Wildman–Crippen MR) is 80.9 cm³/mol. The lowest BCUT2D eigenvalue weighted by Gasteiger charge is -2.43. The highest BCUT2D eigenvalue weighted by atomic mass is 15.5. The maximum absolute atomic E-state index is 3.89. The summed E-state index contributed by atoms with van der Waals surface area (Å²) in [4.78, 5) is 5.30. The third-order valence-corrected chi connectivity index (χ3v) is 5.63. The highest BCUT2D eigenvalue weighted by molar-refractivity contribution is 5.76. The van der Waals surface area contributed by atoms with Crippen molar-refractivity contribution in [3.63, 3.8) is 0 Å². The molecule has 3 heterocycles. The molecule has 1 aromatic rings. The van der Waals surface area contributed by atoms with Crippen molar-refractivity contribution in [2.75, 3.05) is 23.3 Å². The second kappa shape index (κ2) is 4.12. The molecule has 4 unspecified atom stereocenters. The van der Waals surface area contributed by atoms with E-state index in [4.69, 9.17) is 0 Å². The fourth-order valence-corrected chi connectivity index (χ4v) is 4.72. The molecule has 3 fully saturated rings. The summed E-state index contributed by atoms with van der Waals surface area (Å²) in [7, 11) is 0. The highest BCUT2D eigenvalue weighted by Crippen LogP contribution is 2.40. The van der Waals surface area contributed by atoms with Gasteiger partial charge < -0.3 is 10.2 Å². The molecule has 4 atom stereocenters. The minimum Gasteiger partial charge on any atom is -0.362 e. The fraction of sp³-hybridized carbons (Fsp3) is 0.625. The van der Waals surface area contributed by atoms with Gasteiger partial charge in [-0.15, -0.1) is 0 Å². The number of piperazine rings is 1. The van der Waals surface area contributed by atoms with Crippen molar-refractivity contribution in [2.45, 2.75) is 50.1 Å². The van der Waals surface area contributed by atoms with Gasteiger partial charge in [0.15, 0.2) is 0 Å². The summed E-state index contributed by atoms with van der Waals surface area (Å²) < 4.78 is 0. The summed E-state index contributed by atoms with van der Waals surface area (Å²) in [5.41, 5.74) is 2.69. The van der Waals surface area contributed by atoms with Gasteiger partial charge in [-0.25, -0.2) is 0 Å². The van der Waals surface area contributed by atoms with Crippen molar-refractivity contribution in [1.29, 1.82) is 0 Å². The van der Waals surface area contributed by atoms with Crippen LogP contribution in [-0.2, 0) is 0 Å². The molecule has 1 aliphatic carbocycles. The Morgan fingerprint density at radius 2 is 1.90 bits per heavy atom. The first-order chi connectivity index (χ1) is 9.90. The lowest BCUT2D eigenvalue weighted by Crippen LogP contribution is -2.60. The predicted octanol–water partition coefficient (Wildman–Crippen LogP) is 1.80. The van der Waals surface area contributed by atoms with Crippen LogP contribution in [0.3, 0.4) is 0 Å². The van der Waals surface area contributed by atoms with Gasteiger partial charge in [-0.1, -0.05) is 25.0 Å². The molecule has 20 heavy (non-hydrogen) atoms. The van der Waals surface area contributed by atoms with Crippen LogP contribution in [0.4, 0.5) is 11.4 Å². The number of nitrogens with zero attached hydrogens (tertiary/aromatic N) is 2. The Bertz CT molecular complexity index is 531. The van der Waals surface area contributed by atoms with Gasteiger partial charge in [-0.3, -0.25) is 10.2 Å². The van der Waals surface area contributed by atoms with E-state index in [9.17, 15) is 0 Å². The average molecular weight is 270 g/mol. The van der Waals surface area contributed by atoms with E-state index in [1.165, 1.54) is 37.1 Å². The second-order valence-corrected chi connectivity index (χ2v) is 6.67. The Morgan fingerprint density at radius 3 is 2.90 bits per heavy atom. The van der Waals surface area contributed by atoms with Crippen LogP contribution in [0.5, 0.6) is 0 Å². The molecular formula is C16H22N4. The van der Waals surface area contributed by atoms with Gasteiger partial charge in [0.05, 0.1) is 17.5 Å². The van der Waals surface area contributed by atoms with Crippen LogP contribution < -0.4 is 15.5 Å². The second-order valence-electron chi connectivity index (χ2n) is 6.67. The fourth-order valence-electron chi connectivity index (χ4n) is 4.72. The van der Waals surface area contributed by atoms with Gasteiger partial charge in [0, 0.05) is 25.2 Å². The van der Waals surface area contributed by atoms with E-state index in [-0.39, 0.29) is 0 Å². The highest BCUT2D eigenvalue weighted by Gasteiger charge is 2.48. The maximum Gasteiger partial charge on any atom is 0.112 e. The topological polar surface area (TPSA) is 30.5 Å². The number of benzene rings is 1. The normalized spacial score (nSPS) is 38.7. The number of fused-ring (bicyclic) bond motifs is 6. The van der Waals surface area contributed by atoms with Crippen LogP contribution in [0.25, 0.3) is 0 Å². The Labute approximate surface area is 120 Å². The summed E-state index contributed by atoms with van der Waals surface area (Å²) in [5, 5.41) is 7.60. The monoisotopic (exact) mass is 270 g/mol. The number of hydrogen-bond donors (Lipinski definition) is 2. The smallest absolute Gasteiger partial charge is 0.112 e. The van der Waals surface area contributed by atoms with Gasteiger partial charge in [-0.05, 0) is 25.0 Å². The number of nitrogens with one attached hydrogen (secondary N) is 2. The van der Waals surface area contributed by atoms with Gasteiger partial charge in [0.25, 0.3) is 0 Å². The van der Waals surface area contributed by atoms with Crippen molar-refractivity contribution in [3.8, 4) is 0 Å². The van der Waals surface area contributed by atoms with Gasteiger partial charge in [0.1, 0.15) is 6.17 Å². The van der Waals surface area contributed by atoms with Gasteiger partial charge in [-0.2, -0.15) is 0 Å². The SMILES string of the molecule is c1ccc2c(c1)NC1CN3C(CN21)NC1CCCCC13. The van der Waals surface area contributed by atoms with E-state index in [1.54, 1.807) is 0 Å². The number of hydrogen-bond acceptors (Lipinski definition) is 4. The minimum absolute atomic E-state index is 0.464. The minimum atomic E-state index is 0.464. The molecule has 0 spiro atoms. The molecule has 1 saturated carbocycles. The first-order valence-corrected chi connectivity index (χ1v) is 8.04. The van der Waals surface area contributed by atoms with Crippen LogP contribution in [0.1, 0.15) is 25.7 Å². The molecule has 0 bridgehead atoms. The van der Waals surface area contributed by atoms with Gasteiger partial charge >= 0.3 is 0 Å². The summed E-state index contributed by atoms with van der Waals surface area (Å²) in [5.74, 6) is 0. The Morgan fingerprint density at radius 1 is 1.00 bits per heavy atom. The molecule has 0 aromatic heterocycles. The van der Waals surface area contributed by atoms with Crippen LogP contribution in [0.15, 0.2) is 24.3 Å². The zero-order valence-electron chi connectivity index (χ0n) is 11.8. The van der Waals surface area contributed by atoms with Crippen LogP contribution in [0.2, 0.25) is 0 Å². The van der Waals surface area contributed by atoms with E-state index < -0.39 is 0 Å². The average Bonchev–Trinajstić information content (AvgIpc) is 3.02. The van der Waals surface area contributed by atoms with Crippen molar-refractivity contribution < 1.29 is 0 Å². The standard InChI is InChI=1S/C16H22N4/c1-3-7-13-11(5-1)17-15-9-20-14-8-4-2-6-12(14)18-16(20)10-19(13)15/h1,3,5,7,12,14-18H,2,4,6,8-10H2. The summed E-state index contributed by atoms with van der Waals surface area (Å²) >= 11 is 0. The van der Waals surface area contributed by atoms with Crippen molar-refractivity contribution in [1.82, 2.24) is 10.2 Å². The Hall–Kier alpha value is -1.26. The largest absolute Gasteiger partial charge is 0.362 e. The number of anilines is 2. The molecule has 2 saturated heterocycles. The first kappa shape index (κ1) is 11.4. The molecular weight excluding hydrogens is 248 g/mol. The first-order valence-electron chi connectivity index (χ1n) is 8.04. The van der Waals surface area contributed by atoms with Crippen molar-refractivity contribution in [2.24, 2.45) is 0 Å². The van der Waals surface area contributed by atoms with E-state index in [1.807, 2.05) is 0 Å². The molecule has 0 amide bonds. The summed E-state index contributed by atoms with van der Waals surface area (Å²) in [6.45, 7) is 2.26. The van der Waals surface area contributed by atoms with E-state index in [2.05, 4.69) is 44.7 Å². The van der Waals surface area contributed by atoms with Crippen LogP contribution in [-0.4, -0.2) is 42.4 Å². The van der Waals surface area contributed by atoms with Crippen LogP contribution in [0, 0.1) is 0 Å². The van der Waals surface area contributed by atoms with Gasteiger partial charge in [0.2, 0.25) is 0 Å². The lowest BCUT2D eigenvalue weighted by atomic mass is 9.91. The zero-order chi connectivity index (χ0) is 13.1. The molecule has 5 rings (SSSR count). The molecule has 4 nitrogen and oxygen atoms in total. The zero-order valence-corrected chi connectivity index (χ0v) is 11.8. The molecule has 4 heteroatoms. The van der Waals surface area contributed by atoms with E-state index >= 15 is 0 Å². The summed E-state index contributed by atoms with van der Waals surface area (Å²) in [6, 6.07) is 10.2. The van der Waals surface area contributed by atoms with E-state index in [0.29, 0.717) is 12.3 Å². The number of rotatable bonds is 0. The third-order valence-electron chi connectivity index (χ3n) is 5.63. The van der Waals surface area contributed by atoms with Crippen molar-refractivity contribution in [3.05, 3.63) is 24.3 Å². The summed E-state index contributed by atoms with van der Waals surface area (Å²) in [6.07, 6.45) is 6.58. The molecule has 4 aliphatic rings. The maximum atomic E-state index is 3.89. The molecule has 2 N–H and O–H groups in total. The molecule has 106 valence electrons. The Balaban J connectivity index is 1.44. The third kappa shape index (κ3) is 1.49. The van der Waals surface area contributed by atoms with E-state index in [0.717, 1.165) is 25.2 Å². The molecule has 3 aliphatic heterocycles.